The molecular weight excluding hydrogens is 444 g/mol. The molecule has 0 aromatic heterocycles. The Kier molecular flexibility index (Phi) is 13.1. The highest BCUT2D eigenvalue weighted by Gasteiger charge is 2.12. The smallest absolute Gasteiger partial charge is 0.333 e. The van der Waals surface area contributed by atoms with Gasteiger partial charge in [0.25, 0.3) is 0 Å². The van der Waals surface area contributed by atoms with Crippen LogP contribution in [-0.4, -0.2) is 19.2 Å². The van der Waals surface area contributed by atoms with E-state index in [1.807, 2.05) is 0 Å². The average molecular weight is 491 g/mol. The highest BCUT2D eigenvalue weighted by Crippen LogP contribution is 2.23. The maximum atomic E-state index is 11.3. The largest absolute Gasteiger partial charge is 0.494 e. The molecule has 0 saturated carbocycles. The molecule has 0 saturated heterocycles. The van der Waals surface area contributed by atoms with Crippen molar-refractivity contribution in [3.63, 3.8) is 0 Å². The fraction of sp³-hybridized carbons (Fsp3) is 0.485. The monoisotopic (exact) mass is 490 g/mol. The molecule has 0 heterocycles. The Morgan fingerprint density at radius 3 is 1.64 bits per heavy atom. The number of hydrogen-bond donors (Lipinski definition) is 0. The Hall–Kier alpha value is -2.81. The minimum atomic E-state index is -0.276. The quantitative estimate of drug-likeness (QED) is 0.102. The van der Waals surface area contributed by atoms with E-state index in [0.717, 1.165) is 31.6 Å². The van der Waals surface area contributed by atoms with E-state index in [-0.39, 0.29) is 11.4 Å². The van der Waals surface area contributed by atoms with E-state index in [1.54, 1.807) is 6.92 Å². The fourth-order valence-electron chi connectivity index (χ4n) is 3.88. The van der Waals surface area contributed by atoms with Crippen LogP contribution in [0.3, 0.4) is 0 Å². The van der Waals surface area contributed by atoms with Gasteiger partial charge in [-0.1, -0.05) is 121 Å². The molecule has 36 heavy (non-hydrogen) atoms. The molecule has 0 aliphatic carbocycles. The number of esters is 1. The lowest BCUT2D eigenvalue weighted by molar-refractivity contribution is -0.139. The third-order valence-electron chi connectivity index (χ3n) is 6.26. The Morgan fingerprint density at radius 2 is 1.17 bits per heavy atom. The lowest BCUT2D eigenvalue weighted by Gasteiger charge is -2.18. The highest BCUT2D eigenvalue weighted by molar-refractivity contribution is 5.86. The van der Waals surface area contributed by atoms with Crippen molar-refractivity contribution in [1.82, 2.24) is 0 Å². The van der Waals surface area contributed by atoms with Crippen molar-refractivity contribution < 1.29 is 14.3 Å². The summed E-state index contributed by atoms with van der Waals surface area (Å²) in [6.07, 6.45) is 15.0. The zero-order valence-corrected chi connectivity index (χ0v) is 23.0. The second-order valence-electron chi connectivity index (χ2n) is 10.7. The van der Waals surface area contributed by atoms with Gasteiger partial charge in [0.15, 0.2) is 0 Å². The van der Waals surface area contributed by atoms with E-state index in [0.29, 0.717) is 12.2 Å². The first kappa shape index (κ1) is 29.4. The summed E-state index contributed by atoms with van der Waals surface area (Å²) in [7, 11) is 0. The van der Waals surface area contributed by atoms with Gasteiger partial charge in [0.05, 0.1) is 13.2 Å². The molecule has 3 nitrogen and oxygen atoms in total. The second kappa shape index (κ2) is 16.0. The molecule has 0 atom stereocenters. The number of hydrogen-bond acceptors (Lipinski definition) is 3. The van der Waals surface area contributed by atoms with Crippen LogP contribution in [0.1, 0.15) is 102 Å². The second-order valence-corrected chi connectivity index (χ2v) is 10.7. The first-order chi connectivity index (χ1) is 17.3. The van der Waals surface area contributed by atoms with Gasteiger partial charge in [0, 0.05) is 5.57 Å². The van der Waals surface area contributed by atoms with E-state index in [2.05, 4.69) is 88.0 Å². The third kappa shape index (κ3) is 12.2. The van der Waals surface area contributed by atoms with Crippen molar-refractivity contribution in [1.29, 1.82) is 0 Å². The SMILES string of the molecule is C=C(C)C(=O)OCCCCCCCCCCCOc1ccc(/C=C/c2ccc(C(C)(C)C)cc2)cc1. The van der Waals surface area contributed by atoms with Gasteiger partial charge in [-0.05, 0) is 54.0 Å². The highest BCUT2D eigenvalue weighted by atomic mass is 16.5. The Balaban J connectivity index is 1.50. The summed E-state index contributed by atoms with van der Waals surface area (Å²) in [5, 5.41) is 0. The number of carbonyl (C=O) groups excluding carboxylic acids is 1. The van der Waals surface area contributed by atoms with Gasteiger partial charge in [-0.15, -0.1) is 0 Å². The van der Waals surface area contributed by atoms with Gasteiger partial charge >= 0.3 is 5.97 Å². The summed E-state index contributed by atoms with van der Waals surface area (Å²) in [5.41, 5.74) is 4.40. The lowest BCUT2D eigenvalue weighted by Crippen LogP contribution is -2.10. The molecule has 3 heteroatoms. The third-order valence-corrected chi connectivity index (χ3v) is 6.26. The van der Waals surface area contributed by atoms with E-state index >= 15 is 0 Å². The zero-order chi connectivity index (χ0) is 26.2. The molecule has 196 valence electrons. The number of ether oxygens (including phenoxy) is 2. The Labute approximate surface area is 219 Å². The number of carbonyl (C=O) groups is 1. The van der Waals surface area contributed by atoms with Crippen LogP contribution in [0.5, 0.6) is 5.75 Å². The summed E-state index contributed by atoms with van der Waals surface area (Å²) in [5.74, 6) is 0.664. The van der Waals surface area contributed by atoms with E-state index in [9.17, 15) is 4.79 Å². The van der Waals surface area contributed by atoms with Crippen LogP contribution in [0.15, 0.2) is 60.7 Å². The maximum Gasteiger partial charge on any atom is 0.333 e. The predicted molar refractivity (Wildman–Crippen MR) is 153 cm³/mol. The molecule has 0 N–H and O–H groups in total. The van der Waals surface area contributed by atoms with Crippen LogP contribution in [0, 0.1) is 0 Å². The van der Waals surface area contributed by atoms with Crippen molar-refractivity contribution in [2.75, 3.05) is 13.2 Å². The van der Waals surface area contributed by atoms with E-state index < -0.39 is 0 Å². The average Bonchev–Trinajstić information content (AvgIpc) is 2.85. The molecule has 2 aromatic carbocycles. The molecule has 0 aliphatic rings. The molecule has 2 aromatic rings. The molecule has 0 radical (unpaired) electrons. The van der Waals surface area contributed by atoms with Crippen LogP contribution in [0.2, 0.25) is 0 Å². The van der Waals surface area contributed by atoms with Gasteiger partial charge < -0.3 is 9.47 Å². The minimum absolute atomic E-state index is 0.185. The summed E-state index contributed by atoms with van der Waals surface area (Å²) >= 11 is 0. The summed E-state index contributed by atoms with van der Waals surface area (Å²) < 4.78 is 11.0. The van der Waals surface area contributed by atoms with Crippen molar-refractivity contribution in [3.8, 4) is 5.75 Å². The molecule has 0 fully saturated rings. The predicted octanol–water partition coefficient (Wildman–Crippen LogP) is 9.16. The van der Waals surface area contributed by atoms with Gasteiger partial charge in [-0.2, -0.15) is 0 Å². The van der Waals surface area contributed by atoms with Crippen LogP contribution < -0.4 is 4.74 Å². The number of benzene rings is 2. The van der Waals surface area contributed by atoms with Crippen LogP contribution in [-0.2, 0) is 14.9 Å². The molecule has 0 bridgehead atoms. The molecule has 0 amide bonds. The molecule has 0 spiro atoms. The molecule has 0 aliphatic heterocycles. The molecule has 0 unspecified atom stereocenters. The zero-order valence-electron chi connectivity index (χ0n) is 23.0. The fourth-order valence-corrected chi connectivity index (χ4v) is 3.88. The number of rotatable bonds is 16. The van der Waals surface area contributed by atoms with Crippen LogP contribution in [0.4, 0.5) is 0 Å². The summed E-state index contributed by atoms with van der Waals surface area (Å²) in [6.45, 7) is 13.3. The van der Waals surface area contributed by atoms with Crippen molar-refractivity contribution in [2.45, 2.75) is 90.9 Å². The Morgan fingerprint density at radius 1 is 0.722 bits per heavy atom. The first-order valence-electron chi connectivity index (χ1n) is 13.6. The topological polar surface area (TPSA) is 35.5 Å². The van der Waals surface area contributed by atoms with Crippen LogP contribution >= 0.6 is 0 Å². The van der Waals surface area contributed by atoms with Gasteiger partial charge in [0.2, 0.25) is 0 Å². The van der Waals surface area contributed by atoms with Crippen LogP contribution in [0.25, 0.3) is 12.2 Å². The van der Waals surface area contributed by atoms with Gasteiger partial charge in [0.1, 0.15) is 5.75 Å². The standard InChI is InChI=1S/C33H46O3/c1-27(2)32(34)36-26-14-12-10-8-6-7-9-11-13-25-35-31-23-19-29(20-24-31)16-15-28-17-21-30(22-18-28)33(3,4)5/h15-24H,1,6-14,25-26H2,2-5H3/b16-15+. The Bertz CT molecular complexity index is 930. The summed E-state index contributed by atoms with van der Waals surface area (Å²) in [4.78, 5) is 11.3. The maximum absolute atomic E-state index is 11.3. The van der Waals surface area contributed by atoms with Crippen molar-refractivity contribution >= 4 is 18.1 Å². The lowest BCUT2D eigenvalue weighted by atomic mass is 9.87. The van der Waals surface area contributed by atoms with E-state index in [4.69, 9.17) is 9.47 Å². The number of unbranched alkanes of at least 4 members (excludes halogenated alkanes) is 8. The summed E-state index contributed by atoms with van der Waals surface area (Å²) in [6, 6.07) is 17.1. The van der Waals surface area contributed by atoms with Gasteiger partial charge in [-0.3, -0.25) is 0 Å². The van der Waals surface area contributed by atoms with Crippen molar-refractivity contribution in [2.24, 2.45) is 0 Å². The minimum Gasteiger partial charge on any atom is -0.494 e. The molecular formula is C33H46O3. The normalized spacial score (nSPS) is 11.6. The van der Waals surface area contributed by atoms with Gasteiger partial charge in [-0.25, -0.2) is 4.79 Å². The van der Waals surface area contributed by atoms with E-state index in [1.165, 1.54) is 55.2 Å². The first-order valence-corrected chi connectivity index (χ1v) is 13.6. The molecule has 2 rings (SSSR count). The van der Waals surface area contributed by atoms with Crippen molar-refractivity contribution in [3.05, 3.63) is 77.4 Å².